The van der Waals surface area contributed by atoms with E-state index < -0.39 is 21.7 Å². The maximum absolute atomic E-state index is 13.6. The van der Waals surface area contributed by atoms with Crippen molar-refractivity contribution in [2.75, 3.05) is 24.2 Å². The van der Waals surface area contributed by atoms with Crippen LogP contribution >= 0.6 is 11.8 Å². The van der Waals surface area contributed by atoms with E-state index in [2.05, 4.69) is 10.3 Å². The first-order valence-electron chi connectivity index (χ1n) is 9.51. The standard InChI is InChI=1S/C20H20FN3O4S2/c21-15-6-2-3-7-16(15)22-19(25)13-29-20-23-17-12-14(8-9-18(17)28-20)30(26,27)24-10-4-1-5-11-24/h2-3,6-9,12H,1,4-5,10-11,13H2,(H,22,25). The summed E-state index contributed by atoms with van der Waals surface area (Å²) >= 11 is 1.05. The minimum absolute atomic E-state index is 0.0277. The predicted octanol–water partition coefficient (Wildman–Crippen LogP) is 3.87. The predicted molar refractivity (Wildman–Crippen MR) is 112 cm³/mol. The topological polar surface area (TPSA) is 92.5 Å². The fraction of sp³-hybridized carbons (Fsp3) is 0.300. The molecule has 0 atom stereocenters. The van der Waals surface area contributed by atoms with Crippen molar-refractivity contribution < 1.29 is 22.0 Å². The van der Waals surface area contributed by atoms with Gasteiger partial charge in [0.05, 0.1) is 16.3 Å². The van der Waals surface area contributed by atoms with Gasteiger partial charge >= 0.3 is 0 Å². The van der Waals surface area contributed by atoms with Gasteiger partial charge in [0.15, 0.2) is 5.58 Å². The fourth-order valence-corrected chi connectivity index (χ4v) is 5.41. The summed E-state index contributed by atoms with van der Waals surface area (Å²) in [4.78, 5) is 16.5. The number of hydrogen-bond donors (Lipinski definition) is 1. The van der Waals surface area contributed by atoms with E-state index in [4.69, 9.17) is 4.42 Å². The minimum atomic E-state index is -3.56. The van der Waals surface area contributed by atoms with Gasteiger partial charge < -0.3 is 9.73 Å². The first-order valence-corrected chi connectivity index (χ1v) is 11.9. The average Bonchev–Trinajstić information content (AvgIpc) is 3.17. The smallest absolute Gasteiger partial charge is 0.257 e. The number of halogens is 1. The summed E-state index contributed by atoms with van der Waals surface area (Å²) in [6.07, 6.45) is 2.77. The molecule has 10 heteroatoms. The van der Waals surface area contributed by atoms with Crippen LogP contribution in [-0.4, -0.2) is 42.5 Å². The van der Waals surface area contributed by atoms with Crippen LogP contribution in [0.3, 0.4) is 0 Å². The number of nitrogens with zero attached hydrogens (tertiary/aromatic N) is 2. The second kappa shape index (κ2) is 8.75. The third-order valence-corrected chi connectivity index (χ3v) is 7.49. The second-order valence-corrected chi connectivity index (χ2v) is 9.76. The first-order chi connectivity index (χ1) is 14.4. The Morgan fingerprint density at radius 2 is 1.93 bits per heavy atom. The van der Waals surface area contributed by atoms with Crippen molar-refractivity contribution in [3.8, 4) is 0 Å². The van der Waals surface area contributed by atoms with Crippen molar-refractivity contribution >= 4 is 44.5 Å². The largest absolute Gasteiger partial charge is 0.431 e. The number of rotatable bonds is 6. The summed E-state index contributed by atoms with van der Waals surface area (Å²) in [5, 5.41) is 2.73. The highest BCUT2D eigenvalue weighted by Gasteiger charge is 2.26. The molecule has 158 valence electrons. The second-order valence-electron chi connectivity index (χ2n) is 6.89. The monoisotopic (exact) mass is 449 g/mol. The summed E-state index contributed by atoms with van der Waals surface area (Å²) < 4.78 is 46.4. The summed E-state index contributed by atoms with van der Waals surface area (Å²) in [7, 11) is -3.56. The number of para-hydroxylation sites is 1. The summed E-state index contributed by atoms with van der Waals surface area (Å²) in [5.41, 5.74) is 0.947. The Kier molecular flexibility index (Phi) is 6.07. The van der Waals surface area contributed by atoms with Gasteiger partial charge in [-0.3, -0.25) is 4.79 Å². The molecule has 0 aliphatic carbocycles. The average molecular weight is 450 g/mol. The number of carbonyl (C=O) groups excluding carboxylic acids is 1. The molecule has 0 radical (unpaired) electrons. The van der Waals surface area contributed by atoms with E-state index >= 15 is 0 Å². The van der Waals surface area contributed by atoms with Crippen molar-refractivity contribution in [1.29, 1.82) is 0 Å². The van der Waals surface area contributed by atoms with Crippen LogP contribution in [0.2, 0.25) is 0 Å². The van der Waals surface area contributed by atoms with Gasteiger partial charge in [-0.15, -0.1) is 0 Å². The van der Waals surface area contributed by atoms with Gasteiger partial charge in [-0.05, 0) is 43.2 Å². The molecule has 7 nitrogen and oxygen atoms in total. The lowest BCUT2D eigenvalue weighted by molar-refractivity contribution is -0.113. The maximum Gasteiger partial charge on any atom is 0.257 e. The molecule has 0 unspecified atom stereocenters. The number of oxazole rings is 1. The molecule has 3 aromatic rings. The Balaban J connectivity index is 1.45. The Morgan fingerprint density at radius 1 is 1.17 bits per heavy atom. The van der Waals surface area contributed by atoms with Gasteiger partial charge in [-0.2, -0.15) is 4.31 Å². The Hall–Kier alpha value is -2.43. The number of fused-ring (bicyclic) bond motifs is 1. The maximum atomic E-state index is 13.6. The number of sulfonamides is 1. The van der Waals surface area contributed by atoms with Gasteiger partial charge in [0.25, 0.3) is 5.22 Å². The number of thioether (sulfide) groups is 1. The van der Waals surface area contributed by atoms with Crippen LogP contribution < -0.4 is 5.32 Å². The van der Waals surface area contributed by atoms with Crippen LogP contribution in [0.4, 0.5) is 10.1 Å². The van der Waals surface area contributed by atoms with E-state index in [0.29, 0.717) is 24.2 Å². The number of benzene rings is 2. The zero-order chi connectivity index (χ0) is 21.1. The van der Waals surface area contributed by atoms with Crippen molar-refractivity contribution in [3.63, 3.8) is 0 Å². The molecule has 0 saturated carbocycles. The van der Waals surface area contributed by atoms with Gasteiger partial charge in [-0.25, -0.2) is 17.8 Å². The zero-order valence-corrected chi connectivity index (χ0v) is 17.6. The Labute approximate surface area is 177 Å². The lowest BCUT2D eigenvalue weighted by Gasteiger charge is -2.25. The molecule has 1 saturated heterocycles. The number of anilines is 1. The molecular weight excluding hydrogens is 429 g/mol. The van der Waals surface area contributed by atoms with E-state index in [1.54, 1.807) is 12.1 Å². The molecule has 0 bridgehead atoms. The van der Waals surface area contributed by atoms with E-state index in [0.717, 1.165) is 31.0 Å². The van der Waals surface area contributed by atoms with Crippen LogP contribution in [0.25, 0.3) is 11.1 Å². The number of piperidine rings is 1. The number of aromatic nitrogens is 1. The van der Waals surface area contributed by atoms with Gasteiger partial charge in [0.2, 0.25) is 15.9 Å². The number of hydrogen-bond acceptors (Lipinski definition) is 6. The molecule has 1 aromatic heterocycles. The summed E-state index contributed by atoms with van der Waals surface area (Å²) in [6, 6.07) is 10.5. The van der Waals surface area contributed by atoms with E-state index in [1.807, 2.05) is 0 Å². The third-order valence-electron chi connectivity index (χ3n) is 4.77. The normalized spacial score (nSPS) is 15.4. The molecule has 0 spiro atoms. The molecule has 4 rings (SSSR count). The van der Waals surface area contributed by atoms with Crippen LogP contribution in [0.1, 0.15) is 19.3 Å². The minimum Gasteiger partial charge on any atom is -0.431 e. The van der Waals surface area contributed by atoms with Crippen molar-refractivity contribution in [2.45, 2.75) is 29.4 Å². The lowest BCUT2D eigenvalue weighted by Crippen LogP contribution is -2.35. The Morgan fingerprint density at radius 3 is 2.70 bits per heavy atom. The molecule has 1 amide bonds. The molecule has 1 aliphatic heterocycles. The van der Waals surface area contributed by atoms with Gasteiger partial charge in [-0.1, -0.05) is 30.3 Å². The molecule has 2 aromatic carbocycles. The van der Waals surface area contributed by atoms with Gasteiger partial charge in [0, 0.05) is 13.1 Å². The van der Waals surface area contributed by atoms with Crippen molar-refractivity contribution in [3.05, 3.63) is 48.3 Å². The van der Waals surface area contributed by atoms with Gasteiger partial charge in [0.1, 0.15) is 11.3 Å². The highest BCUT2D eigenvalue weighted by Crippen LogP contribution is 2.28. The quantitative estimate of drug-likeness (QED) is 0.575. The van der Waals surface area contributed by atoms with E-state index in [1.165, 1.54) is 34.6 Å². The van der Waals surface area contributed by atoms with Crippen LogP contribution in [0, 0.1) is 5.82 Å². The highest BCUT2D eigenvalue weighted by atomic mass is 32.2. The molecule has 1 fully saturated rings. The Bertz CT molecular complexity index is 1170. The van der Waals surface area contributed by atoms with Crippen molar-refractivity contribution in [1.82, 2.24) is 9.29 Å². The first kappa shape index (κ1) is 20.8. The molecular formula is C20H20FN3O4S2. The third kappa shape index (κ3) is 4.50. The van der Waals surface area contributed by atoms with E-state index in [9.17, 15) is 17.6 Å². The fourth-order valence-electron chi connectivity index (χ4n) is 3.24. The molecule has 2 heterocycles. The van der Waals surface area contributed by atoms with Crippen LogP contribution in [0.5, 0.6) is 0 Å². The van der Waals surface area contributed by atoms with Crippen LogP contribution in [0.15, 0.2) is 57.0 Å². The summed E-state index contributed by atoms with van der Waals surface area (Å²) in [6.45, 7) is 1.05. The lowest BCUT2D eigenvalue weighted by atomic mass is 10.2. The molecule has 1 N–H and O–H groups in total. The van der Waals surface area contributed by atoms with E-state index in [-0.39, 0.29) is 21.6 Å². The SMILES string of the molecule is O=C(CSc1nc2cc(S(=O)(=O)N3CCCCC3)ccc2o1)Nc1ccccc1F. The molecule has 1 aliphatic rings. The molecule has 30 heavy (non-hydrogen) atoms. The summed E-state index contributed by atoms with van der Waals surface area (Å²) in [5.74, 6) is -0.944. The number of nitrogens with one attached hydrogen (secondary N) is 1. The van der Waals surface area contributed by atoms with Crippen LogP contribution in [-0.2, 0) is 14.8 Å². The number of carbonyl (C=O) groups is 1. The number of amides is 1. The van der Waals surface area contributed by atoms with Crippen molar-refractivity contribution in [2.24, 2.45) is 0 Å². The highest BCUT2D eigenvalue weighted by molar-refractivity contribution is 7.99. The zero-order valence-electron chi connectivity index (χ0n) is 16.0.